The van der Waals surface area contributed by atoms with Crippen molar-refractivity contribution in [2.45, 2.75) is 64.3 Å². The monoisotopic (exact) mass is 258 g/mol. The zero-order valence-corrected chi connectivity index (χ0v) is 12.3. The van der Waals surface area contributed by atoms with Crippen LogP contribution in [0.25, 0.3) is 0 Å². The second-order valence-corrected chi connectivity index (χ2v) is 7.52. The van der Waals surface area contributed by atoms with E-state index < -0.39 is 6.04 Å². The summed E-state index contributed by atoms with van der Waals surface area (Å²) in [5.41, 5.74) is 5.78. The molecule has 0 bridgehead atoms. The SMILES string of the molecule is CCSC1CCC(NC(=O)[C@H](N)C(C)(C)C)C1. The molecule has 0 radical (unpaired) electrons. The molecule has 0 aromatic heterocycles. The van der Waals surface area contributed by atoms with Gasteiger partial charge in [0.2, 0.25) is 5.91 Å². The average molecular weight is 258 g/mol. The van der Waals surface area contributed by atoms with Gasteiger partial charge in [0.15, 0.2) is 0 Å². The molecule has 1 fully saturated rings. The van der Waals surface area contributed by atoms with Crippen molar-refractivity contribution in [3.05, 3.63) is 0 Å². The average Bonchev–Trinajstić information content (AvgIpc) is 2.63. The van der Waals surface area contributed by atoms with E-state index in [2.05, 4.69) is 12.2 Å². The third kappa shape index (κ3) is 4.51. The summed E-state index contributed by atoms with van der Waals surface area (Å²) in [5.74, 6) is 1.16. The molecule has 1 saturated carbocycles. The first-order chi connectivity index (χ1) is 7.84. The lowest BCUT2D eigenvalue weighted by atomic mass is 9.87. The molecule has 0 heterocycles. The maximum absolute atomic E-state index is 12.0. The molecule has 17 heavy (non-hydrogen) atoms. The van der Waals surface area contributed by atoms with Gasteiger partial charge in [0, 0.05) is 11.3 Å². The van der Waals surface area contributed by atoms with E-state index in [0.29, 0.717) is 6.04 Å². The Morgan fingerprint density at radius 1 is 1.47 bits per heavy atom. The van der Waals surface area contributed by atoms with Crippen LogP contribution in [0.1, 0.15) is 47.0 Å². The fourth-order valence-electron chi connectivity index (χ4n) is 2.14. The lowest BCUT2D eigenvalue weighted by Gasteiger charge is -2.27. The first-order valence-electron chi connectivity index (χ1n) is 6.52. The molecule has 0 aromatic rings. The minimum atomic E-state index is -0.416. The summed E-state index contributed by atoms with van der Waals surface area (Å²) in [6.07, 6.45) is 3.41. The van der Waals surface area contributed by atoms with E-state index in [9.17, 15) is 4.79 Å². The lowest BCUT2D eigenvalue weighted by molar-refractivity contribution is -0.125. The van der Waals surface area contributed by atoms with Crippen molar-refractivity contribution >= 4 is 17.7 Å². The van der Waals surface area contributed by atoms with E-state index in [-0.39, 0.29) is 11.3 Å². The van der Waals surface area contributed by atoms with Crippen LogP contribution in [0.15, 0.2) is 0 Å². The third-order valence-electron chi connectivity index (χ3n) is 3.35. The Labute approximate surface area is 109 Å². The number of hydrogen-bond donors (Lipinski definition) is 2. The van der Waals surface area contributed by atoms with Crippen LogP contribution < -0.4 is 11.1 Å². The lowest BCUT2D eigenvalue weighted by Crippen LogP contribution is -2.51. The van der Waals surface area contributed by atoms with Crippen LogP contribution in [0, 0.1) is 5.41 Å². The second kappa shape index (κ2) is 6.10. The molecule has 1 amide bonds. The summed E-state index contributed by atoms with van der Waals surface area (Å²) in [6.45, 7) is 8.19. The van der Waals surface area contributed by atoms with Crippen molar-refractivity contribution in [1.82, 2.24) is 5.32 Å². The third-order valence-corrected chi connectivity index (χ3v) is 4.58. The minimum Gasteiger partial charge on any atom is -0.352 e. The molecule has 100 valence electrons. The van der Waals surface area contributed by atoms with Crippen LogP contribution in [-0.4, -0.2) is 29.0 Å². The second-order valence-electron chi connectivity index (χ2n) is 5.94. The maximum atomic E-state index is 12.0. The number of carbonyl (C=O) groups excluding carboxylic acids is 1. The van der Waals surface area contributed by atoms with Gasteiger partial charge < -0.3 is 11.1 Å². The van der Waals surface area contributed by atoms with E-state index in [4.69, 9.17) is 5.73 Å². The molecule has 0 spiro atoms. The van der Waals surface area contributed by atoms with Crippen molar-refractivity contribution in [3.8, 4) is 0 Å². The van der Waals surface area contributed by atoms with Gasteiger partial charge in [0.05, 0.1) is 6.04 Å². The van der Waals surface area contributed by atoms with Gasteiger partial charge in [-0.1, -0.05) is 27.7 Å². The van der Waals surface area contributed by atoms with E-state index in [1.54, 1.807) is 0 Å². The Bertz CT molecular complexity index is 263. The Kier molecular flexibility index (Phi) is 5.32. The molecule has 1 aliphatic rings. The molecule has 3 nitrogen and oxygen atoms in total. The van der Waals surface area contributed by atoms with Crippen molar-refractivity contribution in [2.24, 2.45) is 11.1 Å². The topological polar surface area (TPSA) is 55.1 Å². The highest BCUT2D eigenvalue weighted by Gasteiger charge is 2.31. The highest BCUT2D eigenvalue weighted by Crippen LogP contribution is 2.30. The predicted octanol–water partition coefficient (Wildman–Crippen LogP) is 2.15. The smallest absolute Gasteiger partial charge is 0.237 e. The van der Waals surface area contributed by atoms with Gasteiger partial charge in [0.1, 0.15) is 0 Å². The summed E-state index contributed by atoms with van der Waals surface area (Å²) < 4.78 is 0. The number of amides is 1. The van der Waals surface area contributed by atoms with Crippen molar-refractivity contribution in [2.75, 3.05) is 5.75 Å². The first-order valence-corrected chi connectivity index (χ1v) is 7.57. The zero-order chi connectivity index (χ0) is 13.1. The maximum Gasteiger partial charge on any atom is 0.237 e. The normalized spacial score (nSPS) is 26.9. The van der Waals surface area contributed by atoms with E-state index >= 15 is 0 Å². The molecule has 1 aliphatic carbocycles. The summed E-state index contributed by atoms with van der Waals surface area (Å²) in [4.78, 5) is 12.0. The largest absolute Gasteiger partial charge is 0.352 e. The quantitative estimate of drug-likeness (QED) is 0.812. The van der Waals surface area contributed by atoms with Gasteiger partial charge in [-0.25, -0.2) is 0 Å². The standard InChI is InChI=1S/C13H26N2OS/c1-5-17-10-7-6-9(8-10)15-12(16)11(14)13(2,3)4/h9-11H,5-8,14H2,1-4H3,(H,15,16)/t9?,10?,11-/m0/s1. The Hall–Kier alpha value is -0.220. The van der Waals surface area contributed by atoms with E-state index in [0.717, 1.165) is 23.8 Å². The highest BCUT2D eigenvalue weighted by atomic mass is 32.2. The number of rotatable bonds is 4. The van der Waals surface area contributed by atoms with Crippen LogP contribution in [0.4, 0.5) is 0 Å². The first kappa shape index (κ1) is 14.8. The fourth-order valence-corrected chi connectivity index (χ4v) is 3.29. The molecule has 1 rings (SSSR count). The summed E-state index contributed by atoms with van der Waals surface area (Å²) in [5, 5.41) is 3.81. The number of hydrogen-bond acceptors (Lipinski definition) is 3. The molecule has 0 saturated heterocycles. The van der Waals surface area contributed by atoms with Crippen LogP contribution in [0.3, 0.4) is 0 Å². The summed E-state index contributed by atoms with van der Waals surface area (Å²) in [6, 6.07) is -0.0830. The number of nitrogens with one attached hydrogen (secondary N) is 1. The van der Waals surface area contributed by atoms with Crippen LogP contribution in [0.2, 0.25) is 0 Å². The van der Waals surface area contributed by atoms with Gasteiger partial charge in [-0.2, -0.15) is 11.8 Å². The molecule has 3 N–H and O–H groups in total. The number of carbonyl (C=O) groups is 1. The van der Waals surface area contributed by atoms with Gasteiger partial charge in [-0.05, 0) is 30.4 Å². The van der Waals surface area contributed by atoms with E-state index in [1.807, 2.05) is 32.5 Å². The van der Waals surface area contributed by atoms with Gasteiger partial charge in [-0.15, -0.1) is 0 Å². The van der Waals surface area contributed by atoms with Gasteiger partial charge >= 0.3 is 0 Å². The number of thioether (sulfide) groups is 1. The number of nitrogens with two attached hydrogens (primary N) is 1. The van der Waals surface area contributed by atoms with E-state index in [1.165, 1.54) is 6.42 Å². The van der Waals surface area contributed by atoms with Crippen LogP contribution in [0.5, 0.6) is 0 Å². The zero-order valence-electron chi connectivity index (χ0n) is 11.5. The Balaban J connectivity index is 2.38. The van der Waals surface area contributed by atoms with Gasteiger partial charge in [0.25, 0.3) is 0 Å². The van der Waals surface area contributed by atoms with Crippen LogP contribution >= 0.6 is 11.8 Å². The minimum absolute atomic E-state index is 0.00430. The van der Waals surface area contributed by atoms with Crippen LogP contribution in [-0.2, 0) is 4.79 Å². The molecule has 2 unspecified atom stereocenters. The molecular formula is C13H26N2OS. The molecular weight excluding hydrogens is 232 g/mol. The van der Waals surface area contributed by atoms with Gasteiger partial charge in [-0.3, -0.25) is 4.79 Å². The molecule has 0 aliphatic heterocycles. The Morgan fingerprint density at radius 2 is 2.12 bits per heavy atom. The molecule has 3 atom stereocenters. The molecule has 0 aromatic carbocycles. The molecule has 4 heteroatoms. The predicted molar refractivity (Wildman–Crippen MR) is 75.1 cm³/mol. The van der Waals surface area contributed by atoms with Crippen molar-refractivity contribution < 1.29 is 4.79 Å². The van der Waals surface area contributed by atoms with Crippen molar-refractivity contribution in [3.63, 3.8) is 0 Å². The summed E-state index contributed by atoms with van der Waals surface area (Å²) >= 11 is 2.00. The highest BCUT2D eigenvalue weighted by molar-refractivity contribution is 7.99. The van der Waals surface area contributed by atoms with Crippen molar-refractivity contribution in [1.29, 1.82) is 0 Å². The fraction of sp³-hybridized carbons (Fsp3) is 0.923. The Morgan fingerprint density at radius 3 is 2.65 bits per heavy atom. The summed E-state index contributed by atoms with van der Waals surface area (Å²) in [7, 11) is 0.